The molecular formula is C31H32N2O7. The Labute approximate surface area is 232 Å². The minimum atomic E-state index is -1.32. The molecule has 208 valence electrons. The highest BCUT2D eigenvalue weighted by Crippen LogP contribution is 2.44. The molecule has 0 saturated heterocycles. The number of ether oxygens (including phenoxy) is 2. The quantitative estimate of drug-likeness (QED) is 0.288. The number of benzene rings is 3. The van der Waals surface area contributed by atoms with Crippen LogP contribution in [0, 0.1) is 0 Å². The summed E-state index contributed by atoms with van der Waals surface area (Å²) in [6, 6.07) is 22.9. The fraction of sp³-hybridized carbons (Fsp3) is 0.290. The number of rotatable bonds is 12. The fourth-order valence-electron chi connectivity index (χ4n) is 4.77. The maximum absolute atomic E-state index is 13.0. The number of carboxylic acid groups (broad SMARTS) is 1. The molecule has 0 heterocycles. The van der Waals surface area contributed by atoms with Crippen molar-refractivity contribution in [1.82, 2.24) is 10.6 Å². The Bertz CT molecular complexity index is 1310. The lowest BCUT2D eigenvalue weighted by atomic mass is 9.98. The van der Waals surface area contributed by atoms with Crippen LogP contribution in [-0.2, 0) is 30.5 Å². The summed E-state index contributed by atoms with van der Waals surface area (Å²) in [6.07, 6.45) is -1.26. The molecule has 0 fully saturated rings. The Kier molecular flexibility index (Phi) is 9.51. The lowest BCUT2D eigenvalue weighted by Gasteiger charge is -2.22. The number of carbonyl (C=O) groups is 4. The van der Waals surface area contributed by atoms with Gasteiger partial charge in [0.2, 0.25) is 5.91 Å². The minimum absolute atomic E-state index is 0.00948. The molecule has 2 amide bonds. The van der Waals surface area contributed by atoms with Crippen molar-refractivity contribution < 1.29 is 33.8 Å². The number of amides is 2. The standard InChI is InChI=1S/C31H32N2O7/c1-2-21(16-28(34)35)32-30(37)27(17-29(36)39-18-20-10-4-3-5-11-20)33-31(38)40-19-26-24-14-8-6-12-22(24)23-13-7-9-15-25(23)26/h3-15,21,26-27H,2,16-19H2,1H3,(H,32,37)(H,33,38)(H,34,35)/t21-,27-/m0/s1. The third kappa shape index (κ3) is 7.25. The highest BCUT2D eigenvalue weighted by Gasteiger charge is 2.31. The van der Waals surface area contributed by atoms with Gasteiger partial charge in [-0.05, 0) is 34.2 Å². The summed E-state index contributed by atoms with van der Waals surface area (Å²) >= 11 is 0. The zero-order chi connectivity index (χ0) is 28.5. The summed E-state index contributed by atoms with van der Waals surface area (Å²) in [5.74, 6) is -2.65. The second-order valence-electron chi connectivity index (χ2n) is 9.58. The van der Waals surface area contributed by atoms with E-state index in [1.165, 1.54) is 0 Å². The van der Waals surface area contributed by atoms with Crippen LogP contribution >= 0.6 is 0 Å². The van der Waals surface area contributed by atoms with E-state index in [1.807, 2.05) is 66.7 Å². The number of aliphatic carboxylic acids is 1. The van der Waals surface area contributed by atoms with Crippen LogP contribution in [0.25, 0.3) is 11.1 Å². The van der Waals surface area contributed by atoms with Crippen molar-refractivity contribution in [3.05, 3.63) is 95.6 Å². The van der Waals surface area contributed by atoms with E-state index in [0.29, 0.717) is 6.42 Å². The first kappa shape index (κ1) is 28.4. The van der Waals surface area contributed by atoms with Crippen molar-refractivity contribution >= 4 is 23.9 Å². The van der Waals surface area contributed by atoms with Crippen LogP contribution in [0.2, 0.25) is 0 Å². The Morgan fingerprint density at radius 2 is 1.40 bits per heavy atom. The van der Waals surface area contributed by atoms with E-state index in [2.05, 4.69) is 10.6 Å². The largest absolute Gasteiger partial charge is 0.481 e. The van der Waals surface area contributed by atoms with Gasteiger partial charge in [0.1, 0.15) is 19.3 Å². The van der Waals surface area contributed by atoms with E-state index in [0.717, 1.165) is 27.8 Å². The van der Waals surface area contributed by atoms with E-state index in [9.17, 15) is 19.2 Å². The molecule has 4 rings (SSSR count). The van der Waals surface area contributed by atoms with Crippen molar-refractivity contribution in [3.63, 3.8) is 0 Å². The molecule has 40 heavy (non-hydrogen) atoms. The van der Waals surface area contributed by atoms with Gasteiger partial charge in [-0.15, -0.1) is 0 Å². The summed E-state index contributed by atoms with van der Waals surface area (Å²) in [5, 5.41) is 14.2. The lowest BCUT2D eigenvalue weighted by Crippen LogP contribution is -2.51. The summed E-state index contributed by atoms with van der Waals surface area (Å²) in [5.41, 5.74) is 5.00. The van der Waals surface area contributed by atoms with Crippen LogP contribution in [0.3, 0.4) is 0 Å². The molecule has 3 aromatic rings. The molecule has 9 heteroatoms. The number of carboxylic acids is 1. The SMILES string of the molecule is CC[C@@H](CC(=O)O)NC(=O)[C@H](CC(=O)OCc1ccccc1)NC(=O)OCC1c2ccccc2-c2ccccc21. The van der Waals surface area contributed by atoms with Gasteiger partial charge in [0, 0.05) is 12.0 Å². The summed E-state index contributed by atoms with van der Waals surface area (Å²) < 4.78 is 10.9. The van der Waals surface area contributed by atoms with Gasteiger partial charge >= 0.3 is 18.0 Å². The van der Waals surface area contributed by atoms with Gasteiger partial charge in [0.15, 0.2) is 0 Å². The van der Waals surface area contributed by atoms with Gasteiger partial charge in [-0.3, -0.25) is 14.4 Å². The molecule has 3 aromatic carbocycles. The number of alkyl carbamates (subject to hydrolysis) is 1. The molecule has 0 spiro atoms. The number of esters is 1. The van der Waals surface area contributed by atoms with Crippen LogP contribution in [0.4, 0.5) is 4.79 Å². The first-order chi connectivity index (χ1) is 19.4. The zero-order valence-corrected chi connectivity index (χ0v) is 22.2. The Balaban J connectivity index is 1.41. The summed E-state index contributed by atoms with van der Waals surface area (Å²) in [4.78, 5) is 49.7. The van der Waals surface area contributed by atoms with Gasteiger partial charge in [0.25, 0.3) is 0 Å². The molecule has 0 aromatic heterocycles. The highest BCUT2D eigenvalue weighted by atomic mass is 16.5. The second-order valence-corrected chi connectivity index (χ2v) is 9.58. The predicted molar refractivity (Wildman–Crippen MR) is 147 cm³/mol. The van der Waals surface area contributed by atoms with E-state index in [-0.39, 0.29) is 25.6 Å². The molecule has 1 aliphatic rings. The van der Waals surface area contributed by atoms with E-state index >= 15 is 0 Å². The maximum Gasteiger partial charge on any atom is 0.407 e. The van der Waals surface area contributed by atoms with Gasteiger partial charge in [-0.1, -0.05) is 85.8 Å². The number of hydrogen-bond donors (Lipinski definition) is 3. The molecule has 0 saturated carbocycles. The molecule has 1 aliphatic carbocycles. The van der Waals surface area contributed by atoms with Gasteiger partial charge in [0.05, 0.1) is 12.8 Å². The van der Waals surface area contributed by atoms with Gasteiger partial charge in [-0.2, -0.15) is 0 Å². The Morgan fingerprint density at radius 3 is 2.00 bits per heavy atom. The number of fused-ring (bicyclic) bond motifs is 3. The van der Waals surface area contributed by atoms with Crippen molar-refractivity contribution in [2.45, 2.75) is 50.8 Å². The molecule has 9 nitrogen and oxygen atoms in total. The van der Waals surface area contributed by atoms with Crippen molar-refractivity contribution in [2.75, 3.05) is 6.61 Å². The average Bonchev–Trinajstić information content (AvgIpc) is 3.28. The molecular weight excluding hydrogens is 512 g/mol. The van der Waals surface area contributed by atoms with Crippen LogP contribution in [0.15, 0.2) is 78.9 Å². The molecule has 0 bridgehead atoms. The number of nitrogens with one attached hydrogen (secondary N) is 2. The lowest BCUT2D eigenvalue weighted by molar-refractivity contribution is -0.147. The Hall–Kier alpha value is -4.66. The normalized spacial score (nSPS) is 13.3. The topological polar surface area (TPSA) is 131 Å². The van der Waals surface area contributed by atoms with E-state index in [4.69, 9.17) is 14.6 Å². The molecule has 2 atom stereocenters. The van der Waals surface area contributed by atoms with E-state index < -0.39 is 42.4 Å². The van der Waals surface area contributed by atoms with Gasteiger partial charge in [-0.25, -0.2) is 4.79 Å². The average molecular weight is 545 g/mol. The summed E-state index contributed by atoms with van der Waals surface area (Å²) in [6.45, 7) is 1.77. The fourth-order valence-corrected chi connectivity index (χ4v) is 4.77. The van der Waals surface area contributed by atoms with Crippen LogP contribution in [-0.4, -0.2) is 47.7 Å². The van der Waals surface area contributed by atoms with Crippen molar-refractivity contribution in [1.29, 1.82) is 0 Å². The van der Waals surface area contributed by atoms with E-state index in [1.54, 1.807) is 19.1 Å². The van der Waals surface area contributed by atoms with Crippen molar-refractivity contribution in [3.8, 4) is 11.1 Å². The van der Waals surface area contributed by atoms with Crippen LogP contribution < -0.4 is 10.6 Å². The number of hydrogen-bond acceptors (Lipinski definition) is 6. The van der Waals surface area contributed by atoms with Crippen LogP contribution in [0.1, 0.15) is 48.8 Å². The number of carbonyl (C=O) groups excluding carboxylic acids is 3. The third-order valence-corrected chi connectivity index (χ3v) is 6.83. The smallest absolute Gasteiger partial charge is 0.407 e. The third-order valence-electron chi connectivity index (χ3n) is 6.83. The Morgan fingerprint density at radius 1 is 0.800 bits per heavy atom. The zero-order valence-electron chi connectivity index (χ0n) is 22.2. The maximum atomic E-state index is 13.0. The molecule has 3 N–H and O–H groups in total. The highest BCUT2D eigenvalue weighted by molar-refractivity contribution is 5.90. The minimum Gasteiger partial charge on any atom is -0.481 e. The monoisotopic (exact) mass is 544 g/mol. The molecule has 0 unspecified atom stereocenters. The van der Waals surface area contributed by atoms with Gasteiger partial charge < -0.3 is 25.2 Å². The molecule has 0 radical (unpaired) electrons. The predicted octanol–water partition coefficient (Wildman–Crippen LogP) is 4.40. The second kappa shape index (κ2) is 13.4. The first-order valence-corrected chi connectivity index (χ1v) is 13.2. The summed E-state index contributed by atoms with van der Waals surface area (Å²) in [7, 11) is 0. The van der Waals surface area contributed by atoms with Crippen molar-refractivity contribution in [2.24, 2.45) is 0 Å². The molecule has 0 aliphatic heterocycles. The van der Waals surface area contributed by atoms with Crippen LogP contribution in [0.5, 0.6) is 0 Å². The first-order valence-electron chi connectivity index (χ1n) is 13.2.